The minimum atomic E-state index is -0.888. The predicted octanol–water partition coefficient (Wildman–Crippen LogP) is 1.05. The summed E-state index contributed by atoms with van der Waals surface area (Å²) in [5.41, 5.74) is -0.586. The lowest BCUT2D eigenvalue weighted by Crippen LogP contribution is -2.38. The number of esters is 2. The Balaban J connectivity index is 2.03. The maximum Gasteiger partial charge on any atom is 0.350 e. The summed E-state index contributed by atoms with van der Waals surface area (Å²) in [5.74, 6) is -0.863. The van der Waals surface area contributed by atoms with Crippen LogP contribution in [-0.4, -0.2) is 36.9 Å². The summed E-state index contributed by atoms with van der Waals surface area (Å²) >= 11 is 0. The lowest BCUT2D eigenvalue weighted by atomic mass is 9.90. The van der Waals surface area contributed by atoms with Crippen LogP contribution in [0, 0.1) is 5.41 Å². The van der Waals surface area contributed by atoms with Gasteiger partial charge in [0.1, 0.15) is 12.2 Å². The number of fused-ring (bicyclic) bond motifs is 1. The number of hydrogen-bond donors (Lipinski definition) is 0. The van der Waals surface area contributed by atoms with Crippen molar-refractivity contribution in [1.82, 2.24) is 0 Å². The minimum Gasteiger partial charge on any atom is -0.457 e. The quantitative estimate of drug-likeness (QED) is 0.692. The van der Waals surface area contributed by atoms with E-state index < -0.39 is 23.6 Å². The third kappa shape index (κ3) is 2.16. The SMILES string of the molecule is CCC(C)(C)C(=O)OC1C(=O)O[C@@H]2CCOC12. The molecule has 2 unspecified atom stereocenters. The topological polar surface area (TPSA) is 61.8 Å². The molecule has 0 amide bonds. The molecule has 0 aromatic heterocycles. The second-order valence-corrected chi connectivity index (χ2v) is 5.16. The van der Waals surface area contributed by atoms with Crippen LogP contribution in [0.25, 0.3) is 0 Å². The number of ether oxygens (including phenoxy) is 3. The van der Waals surface area contributed by atoms with Crippen molar-refractivity contribution in [2.75, 3.05) is 6.61 Å². The molecule has 2 aliphatic rings. The van der Waals surface area contributed by atoms with Crippen molar-refractivity contribution in [2.45, 2.75) is 51.9 Å². The molecule has 2 saturated heterocycles. The lowest BCUT2D eigenvalue weighted by molar-refractivity contribution is -0.171. The standard InChI is InChI=1S/C12H18O5/c1-4-12(2,3)11(14)17-9-8-7(5-6-15-8)16-10(9)13/h7-9H,4-6H2,1-3H3/t7-,8?,9?/m1/s1. The van der Waals surface area contributed by atoms with Crippen molar-refractivity contribution in [3.63, 3.8) is 0 Å². The van der Waals surface area contributed by atoms with Gasteiger partial charge in [0.2, 0.25) is 6.10 Å². The Morgan fingerprint density at radius 3 is 2.88 bits per heavy atom. The van der Waals surface area contributed by atoms with Gasteiger partial charge in [-0.15, -0.1) is 0 Å². The number of rotatable bonds is 3. The average Bonchev–Trinajstić information content (AvgIpc) is 2.82. The molecule has 0 bridgehead atoms. The highest BCUT2D eigenvalue weighted by atomic mass is 16.7. The monoisotopic (exact) mass is 242 g/mol. The minimum absolute atomic E-state index is 0.245. The van der Waals surface area contributed by atoms with Crippen LogP contribution >= 0.6 is 0 Å². The van der Waals surface area contributed by atoms with Crippen LogP contribution < -0.4 is 0 Å². The van der Waals surface area contributed by atoms with Gasteiger partial charge in [0.05, 0.1) is 12.0 Å². The van der Waals surface area contributed by atoms with E-state index in [2.05, 4.69) is 0 Å². The Labute approximate surface area is 100 Å². The summed E-state index contributed by atoms with van der Waals surface area (Å²) in [4.78, 5) is 23.5. The van der Waals surface area contributed by atoms with E-state index in [1.165, 1.54) is 0 Å². The van der Waals surface area contributed by atoms with Gasteiger partial charge in [-0.3, -0.25) is 4.79 Å². The fourth-order valence-corrected chi connectivity index (χ4v) is 1.88. The van der Waals surface area contributed by atoms with Crippen LogP contribution in [0.2, 0.25) is 0 Å². The van der Waals surface area contributed by atoms with Gasteiger partial charge in [-0.05, 0) is 20.3 Å². The summed E-state index contributed by atoms with van der Waals surface area (Å²) in [7, 11) is 0. The van der Waals surface area contributed by atoms with Crippen LogP contribution in [0.3, 0.4) is 0 Å². The van der Waals surface area contributed by atoms with Crippen LogP contribution in [0.1, 0.15) is 33.6 Å². The van der Waals surface area contributed by atoms with Gasteiger partial charge in [-0.2, -0.15) is 0 Å². The van der Waals surface area contributed by atoms with Crippen molar-refractivity contribution in [1.29, 1.82) is 0 Å². The van der Waals surface area contributed by atoms with Gasteiger partial charge < -0.3 is 14.2 Å². The van der Waals surface area contributed by atoms with Crippen molar-refractivity contribution < 1.29 is 23.8 Å². The molecular weight excluding hydrogens is 224 g/mol. The average molecular weight is 242 g/mol. The number of hydrogen-bond acceptors (Lipinski definition) is 5. The van der Waals surface area contributed by atoms with Crippen LogP contribution in [0.15, 0.2) is 0 Å². The summed E-state index contributed by atoms with van der Waals surface area (Å²) in [5, 5.41) is 0. The largest absolute Gasteiger partial charge is 0.457 e. The van der Waals surface area contributed by atoms with E-state index >= 15 is 0 Å². The molecular formula is C12H18O5. The first-order valence-electron chi connectivity index (χ1n) is 5.99. The van der Waals surface area contributed by atoms with Crippen LogP contribution in [0.4, 0.5) is 0 Å². The number of carbonyl (C=O) groups is 2. The van der Waals surface area contributed by atoms with E-state index in [0.29, 0.717) is 19.4 Å². The highest BCUT2D eigenvalue weighted by Gasteiger charge is 2.51. The van der Waals surface area contributed by atoms with Gasteiger partial charge in [-0.1, -0.05) is 6.92 Å². The lowest BCUT2D eigenvalue weighted by Gasteiger charge is -2.23. The first-order chi connectivity index (χ1) is 7.95. The van der Waals surface area contributed by atoms with Gasteiger partial charge in [-0.25, -0.2) is 4.79 Å². The molecule has 3 atom stereocenters. The van der Waals surface area contributed by atoms with Crippen LogP contribution in [0.5, 0.6) is 0 Å². The molecule has 2 aliphatic heterocycles. The van der Waals surface area contributed by atoms with Gasteiger partial charge in [0, 0.05) is 6.42 Å². The summed E-state index contributed by atoms with van der Waals surface area (Å²) in [6.07, 6.45) is -0.213. The zero-order valence-electron chi connectivity index (χ0n) is 10.4. The molecule has 0 aliphatic carbocycles. The van der Waals surface area contributed by atoms with Crippen molar-refractivity contribution in [2.24, 2.45) is 5.41 Å². The van der Waals surface area contributed by atoms with Gasteiger partial charge in [0.15, 0.2) is 0 Å². The fourth-order valence-electron chi connectivity index (χ4n) is 1.88. The molecule has 17 heavy (non-hydrogen) atoms. The van der Waals surface area contributed by atoms with Gasteiger partial charge >= 0.3 is 11.9 Å². The third-order valence-electron chi connectivity index (χ3n) is 3.55. The van der Waals surface area contributed by atoms with E-state index in [9.17, 15) is 9.59 Å². The second-order valence-electron chi connectivity index (χ2n) is 5.16. The molecule has 0 aromatic carbocycles. The highest BCUT2D eigenvalue weighted by Crippen LogP contribution is 2.31. The number of carbonyl (C=O) groups excluding carboxylic acids is 2. The Bertz CT molecular complexity index is 336. The highest BCUT2D eigenvalue weighted by molar-refractivity contribution is 5.84. The Morgan fingerprint density at radius 2 is 2.24 bits per heavy atom. The van der Waals surface area contributed by atoms with E-state index in [1.54, 1.807) is 13.8 Å². The molecule has 5 heteroatoms. The summed E-state index contributed by atoms with van der Waals surface area (Å²) in [6, 6.07) is 0. The first-order valence-corrected chi connectivity index (χ1v) is 5.99. The van der Waals surface area contributed by atoms with E-state index in [4.69, 9.17) is 14.2 Å². The smallest absolute Gasteiger partial charge is 0.350 e. The molecule has 0 aromatic rings. The fraction of sp³-hybridized carbons (Fsp3) is 0.833. The van der Waals surface area contributed by atoms with Crippen molar-refractivity contribution in [3.8, 4) is 0 Å². The zero-order valence-corrected chi connectivity index (χ0v) is 10.4. The summed E-state index contributed by atoms with van der Waals surface area (Å²) < 4.78 is 15.7. The molecule has 0 saturated carbocycles. The second kappa shape index (κ2) is 4.29. The Hall–Kier alpha value is -1.10. The maximum atomic E-state index is 11.9. The third-order valence-corrected chi connectivity index (χ3v) is 3.55. The zero-order chi connectivity index (χ0) is 12.6. The van der Waals surface area contributed by atoms with Crippen molar-refractivity contribution >= 4 is 11.9 Å². The molecule has 2 rings (SSSR count). The molecule has 2 fully saturated rings. The Kier molecular flexibility index (Phi) is 3.12. The molecule has 0 spiro atoms. The van der Waals surface area contributed by atoms with E-state index in [1.807, 2.05) is 6.92 Å². The Morgan fingerprint density at radius 1 is 1.53 bits per heavy atom. The van der Waals surface area contributed by atoms with E-state index in [0.717, 1.165) is 0 Å². The predicted molar refractivity (Wildman–Crippen MR) is 58.2 cm³/mol. The van der Waals surface area contributed by atoms with Crippen molar-refractivity contribution in [3.05, 3.63) is 0 Å². The molecule has 96 valence electrons. The molecule has 5 nitrogen and oxygen atoms in total. The maximum absolute atomic E-state index is 11.9. The molecule has 0 N–H and O–H groups in total. The van der Waals surface area contributed by atoms with E-state index in [-0.39, 0.29) is 12.1 Å². The molecule has 2 heterocycles. The summed E-state index contributed by atoms with van der Waals surface area (Å²) in [6.45, 7) is 6.04. The van der Waals surface area contributed by atoms with Gasteiger partial charge in [0.25, 0.3) is 0 Å². The normalized spacial score (nSPS) is 32.2. The first kappa shape index (κ1) is 12.4. The van der Waals surface area contributed by atoms with Crippen LogP contribution in [-0.2, 0) is 23.8 Å². The molecule has 0 radical (unpaired) electrons.